The number of likely N-dealkylation sites (tertiary alicyclic amines) is 1. The standard InChI is InChI=1S/C14H18FN3OS/c1-17-14(19)12-3-2-6-18(12)8-9-4-5-11(15)10(7-9)13(16)20/h4-5,7,12H,2-3,6,8H2,1H3,(H2,16,20)(H,17,19). The molecule has 20 heavy (non-hydrogen) atoms. The number of carbonyl (C=O) groups excluding carboxylic acids is 1. The van der Waals surface area contributed by atoms with Crippen LogP contribution in [-0.2, 0) is 11.3 Å². The van der Waals surface area contributed by atoms with Crippen molar-refractivity contribution < 1.29 is 9.18 Å². The molecule has 0 aromatic heterocycles. The van der Waals surface area contributed by atoms with Crippen molar-refractivity contribution in [1.82, 2.24) is 10.2 Å². The predicted molar refractivity (Wildman–Crippen MR) is 79.8 cm³/mol. The molecular formula is C14H18FN3OS. The molecule has 0 saturated carbocycles. The van der Waals surface area contributed by atoms with Crippen molar-refractivity contribution in [2.45, 2.75) is 25.4 Å². The van der Waals surface area contributed by atoms with Crippen molar-refractivity contribution in [3.8, 4) is 0 Å². The number of nitrogens with one attached hydrogen (secondary N) is 1. The fraction of sp³-hybridized carbons (Fsp3) is 0.429. The van der Waals surface area contributed by atoms with Gasteiger partial charge in [0, 0.05) is 19.2 Å². The molecule has 1 aromatic carbocycles. The van der Waals surface area contributed by atoms with Crippen LogP contribution in [0.15, 0.2) is 18.2 Å². The van der Waals surface area contributed by atoms with Crippen LogP contribution in [0.4, 0.5) is 4.39 Å². The van der Waals surface area contributed by atoms with E-state index in [1.807, 2.05) is 0 Å². The van der Waals surface area contributed by atoms with E-state index in [9.17, 15) is 9.18 Å². The summed E-state index contributed by atoms with van der Waals surface area (Å²) in [6.45, 7) is 1.45. The summed E-state index contributed by atoms with van der Waals surface area (Å²) in [6.07, 6.45) is 1.84. The molecule has 1 unspecified atom stereocenters. The molecule has 1 amide bonds. The van der Waals surface area contributed by atoms with Gasteiger partial charge in [-0.05, 0) is 37.1 Å². The van der Waals surface area contributed by atoms with Crippen LogP contribution >= 0.6 is 12.2 Å². The SMILES string of the molecule is CNC(=O)C1CCCN1Cc1ccc(F)c(C(N)=S)c1. The van der Waals surface area contributed by atoms with Gasteiger partial charge in [-0.2, -0.15) is 0 Å². The second kappa shape index (κ2) is 6.28. The fourth-order valence-corrected chi connectivity index (χ4v) is 2.73. The Labute approximate surface area is 123 Å². The van der Waals surface area contributed by atoms with Crippen LogP contribution in [0.5, 0.6) is 0 Å². The number of hydrogen-bond acceptors (Lipinski definition) is 3. The zero-order chi connectivity index (χ0) is 14.7. The van der Waals surface area contributed by atoms with E-state index in [0.29, 0.717) is 6.54 Å². The number of likely N-dealkylation sites (N-methyl/N-ethyl adjacent to an activating group) is 1. The predicted octanol–water partition coefficient (Wildman–Crippen LogP) is 1.17. The molecule has 3 N–H and O–H groups in total. The number of thiocarbonyl (C=S) groups is 1. The first-order chi connectivity index (χ1) is 9.52. The van der Waals surface area contributed by atoms with E-state index in [4.69, 9.17) is 18.0 Å². The lowest BCUT2D eigenvalue weighted by atomic mass is 10.1. The number of rotatable bonds is 4. The smallest absolute Gasteiger partial charge is 0.237 e. The number of amides is 1. The minimum absolute atomic E-state index is 0.0270. The van der Waals surface area contributed by atoms with Crippen molar-refractivity contribution in [3.05, 3.63) is 35.1 Å². The highest BCUT2D eigenvalue weighted by molar-refractivity contribution is 7.80. The second-order valence-electron chi connectivity index (χ2n) is 4.92. The molecule has 2 rings (SSSR count). The Bertz CT molecular complexity index is 535. The van der Waals surface area contributed by atoms with Gasteiger partial charge in [-0.1, -0.05) is 18.3 Å². The van der Waals surface area contributed by atoms with Crippen molar-refractivity contribution in [3.63, 3.8) is 0 Å². The summed E-state index contributed by atoms with van der Waals surface area (Å²) < 4.78 is 13.5. The number of nitrogens with zero attached hydrogens (tertiary/aromatic N) is 1. The number of hydrogen-bond donors (Lipinski definition) is 2. The van der Waals surface area contributed by atoms with Crippen LogP contribution in [-0.4, -0.2) is 35.4 Å². The van der Waals surface area contributed by atoms with E-state index in [1.54, 1.807) is 19.2 Å². The highest BCUT2D eigenvalue weighted by Crippen LogP contribution is 2.21. The second-order valence-corrected chi connectivity index (χ2v) is 5.36. The molecule has 1 saturated heterocycles. The van der Waals surface area contributed by atoms with Gasteiger partial charge in [0.25, 0.3) is 0 Å². The number of carbonyl (C=O) groups is 1. The van der Waals surface area contributed by atoms with E-state index in [1.165, 1.54) is 6.07 Å². The summed E-state index contributed by atoms with van der Waals surface area (Å²) in [4.78, 5) is 13.9. The lowest BCUT2D eigenvalue weighted by Crippen LogP contribution is -2.41. The molecule has 0 aliphatic carbocycles. The van der Waals surface area contributed by atoms with Crippen molar-refractivity contribution in [1.29, 1.82) is 0 Å². The minimum atomic E-state index is -0.412. The molecule has 0 spiro atoms. The van der Waals surface area contributed by atoms with E-state index < -0.39 is 5.82 Å². The van der Waals surface area contributed by atoms with Gasteiger partial charge in [0.2, 0.25) is 5.91 Å². The van der Waals surface area contributed by atoms with Gasteiger partial charge in [0.05, 0.1) is 6.04 Å². The van der Waals surface area contributed by atoms with Crippen molar-refractivity contribution in [2.75, 3.05) is 13.6 Å². The Balaban J connectivity index is 2.15. The third kappa shape index (κ3) is 3.13. The van der Waals surface area contributed by atoms with Gasteiger partial charge in [-0.3, -0.25) is 9.69 Å². The maximum absolute atomic E-state index is 13.5. The Hall–Kier alpha value is -1.53. The first kappa shape index (κ1) is 14.9. The lowest BCUT2D eigenvalue weighted by Gasteiger charge is -2.23. The monoisotopic (exact) mass is 295 g/mol. The van der Waals surface area contributed by atoms with E-state index in [2.05, 4.69) is 10.2 Å². The maximum atomic E-state index is 13.5. The van der Waals surface area contributed by atoms with Crippen molar-refractivity contribution >= 4 is 23.1 Å². The molecule has 1 aliphatic rings. The Morgan fingerprint density at radius 3 is 3.00 bits per heavy atom. The van der Waals surface area contributed by atoms with Crippen LogP contribution in [0.3, 0.4) is 0 Å². The molecule has 0 bridgehead atoms. The van der Waals surface area contributed by atoms with Gasteiger partial charge >= 0.3 is 0 Å². The molecule has 1 heterocycles. The van der Waals surface area contributed by atoms with Gasteiger partial charge in [-0.15, -0.1) is 0 Å². The third-order valence-corrected chi connectivity index (χ3v) is 3.81. The summed E-state index contributed by atoms with van der Waals surface area (Å²) >= 11 is 4.84. The van der Waals surface area contributed by atoms with Gasteiger partial charge in [0.1, 0.15) is 10.8 Å². The summed E-state index contributed by atoms with van der Waals surface area (Å²) in [5.41, 5.74) is 6.67. The summed E-state index contributed by atoms with van der Waals surface area (Å²) in [6, 6.07) is 4.63. The van der Waals surface area contributed by atoms with Crippen molar-refractivity contribution in [2.24, 2.45) is 5.73 Å². The highest BCUT2D eigenvalue weighted by atomic mass is 32.1. The molecule has 1 fully saturated rings. The Morgan fingerprint density at radius 2 is 2.35 bits per heavy atom. The van der Waals surface area contributed by atoms with E-state index in [-0.39, 0.29) is 22.5 Å². The van der Waals surface area contributed by atoms with Crippen LogP contribution in [0.25, 0.3) is 0 Å². The highest BCUT2D eigenvalue weighted by Gasteiger charge is 2.29. The third-order valence-electron chi connectivity index (χ3n) is 3.59. The number of benzene rings is 1. The molecule has 1 aliphatic heterocycles. The zero-order valence-electron chi connectivity index (χ0n) is 11.4. The van der Waals surface area contributed by atoms with Gasteiger partial charge in [0.15, 0.2) is 0 Å². The first-order valence-corrected chi connectivity index (χ1v) is 6.97. The van der Waals surface area contributed by atoms with Gasteiger partial charge in [-0.25, -0.2) is 4.39 Å². The quantitative estimate of drug-likeness (QED) is 0.819. The molecule has 1 atom stereocenters. The molecule has 0 radical (unpaired) electrons. The van der Waals surface area contributed by atoms with Crippen LogP contribution in [0, 0.1) is 5.82 Å². The number of halogens is 1. The lowest BCUT2D eigenvalue weighted by molar-refractivity contribution is -0.125. The molecular weight excluding hydrogens is 277 g/mol. The van der Waals surface area contributed by atoms with Crippen LogP contribution < -0.4 is 11.1 Å². The summed E-state index contributed by atoms with van der Waals surface area (Å²) in [7, 11) is 1.64. The minimum Gasteiger partial charge on any atom is -0.389 e. The van der Waals surface area contributed by atoms with Crippen LogP contribution in [0.2, 0.25) is 0 Å². The van der Waals surface area contributed by atoms with Gasteiger partial charge < -0.3 is 11.1 Å². The average molecular weight is 295 g/mol. The zero-order valence-corrected chi connectivity index (χ0v) is 12.2. The first-order valence-electron chi connectivity index (χ1n) is 6.57. The molecule has 1 aromatic rings. The molecule has 4 nitrogen and oxygen atoms in total. The average Bonchev–Trinajstić information content (AvgIpc) is 2.88. The Morgan fingerprint density at radius 1 is 1.60 bits per heavy atom. The van der Waals surface area contributed by atoms with E-state index >= 15 is 0 Å². The normalized spacial score (nSPS) is 19.0. The van der Waals surface area contributed by atoms with Crippen LogP contribution in [0.1, 0.15) is 24.0 Å². The van der Waals surface area contributed by atoms with E-state index in [0.717, 1.165) is 24.9 Å². The fourth-order valence-electron chi connectivity index (χ4n) is 2.57. The topological polar surface area (TPSA) is 58.4 Å². The largest absolute Gasteiger partial charge is 0.389 e. The summed E-state index contributed by atoms with van der Waals surface area (Å²) in [5.74, 6) is -0.385. The Kier molecular flexibility index (Phi) is 4.67. The number of nitrogens with two attached hydrogens (primary N) is 1. The maximum Gasteiger partial charge on any atom is 0.237 e. The molecule has 108 valence electrons. The summed E-state index contributed by atoms with van der Waals surface area (Å²) in [5, 5.41) is 2.68. The molecule has 6 heteroatoms.